The molecule has 0 bridgehead atoms. The number of fused-ring (bicyclic) bond motifs is 3. The van der Waals surface area contributed by atoms with Crippen molar-refractivity contribution in [2.24, 2.45) is 7.05 Å². The van der Waals surface area contributed by atoms with Gasteiger partial charge in [-0.3, -0.25) is 18.8 Å². The topological polar surface area (TPSA) is 157 Å². The van der Waals surface area contributed by atoms with Crippen molar-refractivity contribution >= 4 is 34.4 Å². The number of nitrogens with zero attached hydrogens (tertiary/aromatic N) is 8. The molecule has 4 N–H and O–H groups in total. The number of aromatic nitrogens is 6. The van der Waals surface area contributed by atoms with E-state index in [2.05, 4.69) is 30.6 Å². The highest BCUT2D eigenvalue weighted by Gasteiger charge is 2.24. The SMILES string of the molecule is CNCCNC(=O)c1ccc(N2CCN(CCn3c(=O)n(C)c4c3nc(N)n3nc(-c5ccco5)nc43)CC2)c(F)c1. The Hall–Kier alpha value is -4.76. The lowest BCUT2D eigenvalue weighted by molar-refractivity contribution is 0.0953. The lowest BCUT2D eigenvalue weighted by Crippen LogP contribution is -2.47. The number of benzene rings is 1. The largest absolute Gasteiger partial charge is 0.461 e. The van der Waals surface area contributed by atoms with Crippen molar-refractivity contribution in [2.75, 3.05) is 63.5 Å². The molecule has 1 aromatic carbocycles. The van der Waals surface area contributed by atoms with E-state index < -0.39 is 5.82 Å². The number of nitrogen functional groups attached to an aromatic ring is 1. The molecule has 1 aliphatic rings. The van der Waals surface area contributed by atoms with Gasteiger partial charge in [-0.15, -0.1) is 5.10 Å². The van der Waals surface area contributed by atoms with Crippen LogP contribution in [-0.4, -0.2) is 92.4 Å². The summed E-state index contributed by atoms with van der Waals surface area (Å²) in [6.45, 7) is 4.67. The Balaban J connectivity index is 1.14. The van der Waals surface area contributed by atoms with Gasteiger partial charge in [-0.1, -0.05) is 0 Å². The van der Waals surface area contributed by atoms with Crippen LogP contribution < -0.4 is 27.0 Å². The zero-order valence-electron chi connectivity index (χ0n) is 23.4. The second-order valence-corrected chi connectivity index (χ2v) is 10.1. The number of hydrogen-bond donors (Lipinski definition) is 3. The van der Waals surface area contributed by atoms with E-state index in [9.17, 15) is 14.0 Å². The lowest BCUT2D eigenvalue weighted by Gasteiger charge is -2.36. The molecule has 1 amide bonds. The summed E-state index contributed by atoms with van der Waals surface area (Å²) < 4.78 is 24.9. The number of carbonyl (C=O) groups is 1. The van der Waals surface area contributed by atoms with E-state index in [1.54, 1.807) is 42.9 Å². The number of halogens is 1. The molecule has 1 fully saturated rings. The number of carbonyl (C=O) groups excluding carboxylic acids is 1. The maximum Gasteiger partial charge on any atom is 0.330 e. The lowest BCUT2D eigenvalue weighted by atomic mass is 10.1. The first kappa shape index (κ1) is 27.4. The van der Waals surface area contributed by atoms with Crippen LogP contribution in [0.5, 0.6) is 0 Å². The molecule has 1 aliphatic heterocycles. The molecule has 0 spiro atoms. The van der Waals surface area contributed by atoms with Crippen molar-refractivity contribution in [3.8, 4) is 11.6 Å². The summed E-state index contributed by atoms with van der Waals surface area (Å²) in [5, 5.41) is 10.1. The first-order chi connectivity index (χ1) is 20.4. The molecule has 0 atom stereocenters. The summed E-state index contributed by atoms with van der Waals surface area (Å²) in [5.74, 6) is 0.211. The second kappa shape index (κ2) is 11.3. The number of nitrogens with two attached hydrogens (primary N) is 1. The molecule has 15 heteroatoms. The van der Waals surface area contributed by atoms with Crippen LogP contribution >= 0.6 is 0 Å². The third-order valence-corrected chi connectivity index (χ3v) is 7.54. The van der Waals surface area contributed by atoms with Gasteiger partial charge in [0.2, 0.25) is 11.8 Å². The van der Waals surface area contributed by atoms with Crippen molar-refractivity contribution in [3.05, 3.63) is 58.5 Å². The highest BCUT2D eigenvalue weighted by molar-refractivity contribution is 5.94. The Morgan fingerprint density at radius 2 is 1.90 bits per heavy atom. The molecule has 0 radical (unpaired) electrons. The number of rotatable bonds is 9. The molecule has 1 saturated heterocycles. The first-order valence-electron chi connectivity index (χ1n) is 13.7. The minimum Gasteiger partial charge on any atom is -0.461 e. The minimum absolute atomic E-state index is 0.110. The van der Waals surface area contributed by atoms with Crippen LogP contribution in [0.1, 0.15) is 10.4 Å². The molecular weight excluding hydrogens is 545 g/mol. The standard InChI is InChI=1S/C27H32FN11O3/c1-30-7-8-31-25(40)17-5-6-19(18(28)16-17)37-12-9-36(10-13-37)11-14-38-23-21(35(2)27(38)41)24-32-22(20-4-3-15-42-20)34-39(24)26(29)33-23/h3-6,15-16,30H,7-14H2,1-2H3,(H2,29,33)(H,31,40). The number of likely N-dealkylation sites (N-methyl/N-ethyl adjacent to an activating group) is 1. The Kier molecular flexibility index (Phi) is 7.34. The van der Waals surface area contributed by atoms with Gasteiger partial charge in [0.15, 0.2) is 17.1 Å². The third kappa shape index (κ3) is 4.96. The quantitative estimate of drug-likeness (QED) is 0.211. The van der Waals surface area contributed by atoms with Gasteiger partial charge in [0, 0.05) is 65.0 Å². The van der Waals surface area contributed by atoms with Crippen molar-refractivity contribution in [1.82, 2.24) is 44.2 Å². The molecule has 42 heavy (non-hydrogen) atoms. The van der Waals surface area contributed by atoms with Crippen LogP contribution in [0.25, 0.3) is 28.4 Å². The van der Waals surface area contributed by atoms with Crippen molar-refractivity contribution in [3.63, 3.8) is 0 Å². The Morgan fingerprint density at radius 1 is 1.10 bits per heavy atom. The van der Waals surface area contributed by atoms with Gasteiger partial charge in [-0.05, 0) is 37.4 Å². The molecule has 0 saturated carbocycles. The minimum atomic E-state index is -0.425. The number of imidazole rings is 1. The highest BCUT2D eigenvalue weighted by Crippen LogP contribution is 2.24. The van der Waals surface area contributed by atoms with Crippen LogP contribution in [0.3, 0.4) is 0 Å². The van der Waals surface area contributed by atoms with Crippen molar-refractivity contribution < 1.29 is 13.6 Å². The zero-order chi connectivity index (χ0) is 29.4. The smallest absolute Gasteiger partial charge is 0.330 e. The van der Waals surface area contributed by atoms with Gasteiger partial charge in [-0.25, -0.2) is 14.2 Å². The van der Waals surface area contributed by atoms with E-state index in [1.807, 2.05) is 4.90 Å². The monoisotopic (exact) mass is 577 g/mol. The highest BCUT2D eigenvalue weighted by atomic mass is 19.1. The summed E-state index contributed by atoms with van der Waals surface area (Å²) >= 11 is 0. The fraction of sp³-hybridized carbons (Fsp3) is 0.370. The molecule has 0 aliphatic carbocycles. The van der Waals surface area contributed by atoms with Gasteiger partial charge in [-0.2, -0.15) is 9.50 Å². The molecule has 5 heterocycles. The maximum atomic E-state index is 14.9. The number of furan rings is 1. The molecule has 0 unspecified atom stereocenters. The van der Waals surface area contributed by atoms with Crippen LogP contribution in [-0.2, 0) is 13.6 Å². The number of piperazine rings is 1. The van der Waals surface area contributed by atoms with Gasteiger partial charge in [0.05, 0.1) is 12.0 Å². The van der Waals surface area contributed by atoms with E-state index in [-0.39, 0.29) is 17.5 Å². The maximum absolute atomic E-state index is 14.9. The van der Waals surface area contributed by atoms with E-state index in [4.69, 9.17) is 10.2 Å². The number of nitrogens with one attached hydrogen (secondary N) is 2. The van der Waals surface area contributed by atoms with E-state index in [0.29, 0.717) is 92.0 Å². The fourth-order valence-corrected chi connectivity index (χ4v) is 5.26. The summed E-state index contributed by atoms with van der Waals surface area (Å²) in [6.07, 6.45) is 1.53. The van der Waals surface area contributed by atoms with Crippen LogP contribution in [0.2, 0.25) is 0 Å². The number of amides is 1. The fourth-order valence-electron chi connectivity index (χ4n) is 5.26. The van der Waals surface area contributed by atoms with Gasteiger partial charge >= 0.3 is 5.69 Å². The average molecular weight is 578 g/mol. The predicted molar refractivity (Wildman–Crippen MR) is 155 cm³/mol. The van der Waals surface area contributed by atoms with Gasteiger partial charge in [0.1, 0.15) is 11.3 Å². The summed E-state index contributed by atoms with van der Waals surface area (Å²) in [7, 11) is 3.47. The number of aryl methyl sites for hydroxylation is 1. The summed E-state index contributed by atoms with van der Waals surface area (Å²) in [4.78, 5) is 38.8. The van der Waals surface area contributed by atoms with Crippen molar-refractivity contribution in [2.45, 2.75) is 6.54 Å². The normalized spacial score (nSPS) is 14.3. The Labute approximate surface area is 239 Å². The number of hydrogen-bond acceptors (Lipinski definition) is 10. The Morgan fingerprint density at radius 3 is 2.62 bits per heavy atom. The number of anilines is 2. The molecule has 220 valence electrons. The molecule has 4 aromatic heterocycles. The van der Waals surface area contributed by atoms with Crippen LogP contribution in [0, 0.1) is 5.82 Å². The molecule has 6 rings (SSSR count). The Bertz CT molecular complexity index is 1800. The van der Waals surface area contributed by atoms with Gasteiger partial charge < -0.3 is 25.7 Å². The van der Waals surface area contributed by atoms with Crippen LogP contribution in [0.4, 0.5) is 16.0 Å². The zero-order valence-corrected chi connectivity index (χ0v) is 23.4. The summed E-state index contributed by atoms with van der Waals surface area (Å²) in [5.41, 5.74) is 8.12. The summed E-state index contributed by atoms with van der Waals surface area (Å²) in [6, 6.07) is 8.08. The second-order valence-electron chi connectivity index (χ2n) is 10.1. The average Bonchev–Trinajstić information content (AvgIpc) is 3.72. The molecule has 5 aromatic rings. The first-order valence-corrected chi connectivity index (χ1v) is 13.7. The molecule has 14 nitrogen and oxygen atoms in total. The van der Waals surface area contributed by atoms with E-state index in [0.717, 1.165) is 0 Å². The van der Waals surface area contributed by atoms with E-state index in [1.165, 1.54) is 21.4 Å². The van der Waals surface area contributed by atoms with E-state index >= 15 is 0 Å². The predicted octanol–water partition coefficient (Wildman–Crippen LogP) is 0.530. The van der Waals surface area contributed by atoms with Gasteiger partial charge in [0.25, 0.3) is 5.91 Å². The molecular formula is C27H32FN11O3. The van der Waals surface area contributed by atoms with Crippen molar-refractivity contribution in [1.29, 1.82) is 0 Å². The van der Waals surface area contributed by atoms with Crippen LogP contribution in [0.15, 0.2) is 45.8 Å². The third-order valence-electron chi connectivity index (χ3n) is 7.54.